The molecule has 1 atom stereocenters. The maximum absolute atomic E-state index is 5.83. The average Bonchev–Trinajstić information content (AvgIpc) is 2.47. The summed E-state index contributed by atoms with van der Waals surface area (Å²) in [4.78, 5) is 8.26. The predicted octanol–water partition coefficient (Wildman–Crippen LogP) is 1.40. The van der Waals surface area contributed by atoms with Gasteiger partial charge in [0, 0.05) is 12.2 Å². The highest BCUT2D eigenvalue weighted by molar-refractivity contribution is 6.29. The molecule has 0 aliphatic carbocycles. The van der Waals surface area contributed by atoms with E-state index in [2.05, 4.69) is 9.97 Å². The molecule has 5 heteroatoms. The van der Waals surface area contributed by atoms with Crippen molar-refractivity contribution in [1.82, 2.24) is 14.4 Å². The van der Waals surface area contributed by atoms with E-state index in [1.165, 1.54) is 0 Å². The van der Waals surface area contributed by atoms with Crippen molar-refractivity contribution in [2.75, 3.05) is 0 Å². The van der Waals surface area contributed by atoms with Crippen LogP contribution in [0.1, 0.15) is 18.7 Å². The first-order valence-corrected chi connectivity index (χ1v) is 4.31. The Bertz CT molecular complexity index is 435. The van der Waals surface area contributed by atoms with E-state index in [0.29, 0.717) is 10.9 Å². The molecule has 0 amide bonds. The average molecular weight is 197 g/mol. The zero-order valence-corrected chi connectivity index (χ0v) is 7.86. The number of imidazole rings is 1. The highest BCUT2D eigenvalue weighted by atomic mass is 35.5. The standard InChI is InChI=1S/C8H9ClN4/c1-5(10)6-2-3-13-7(9)4-11-8(13)12-6/h2-5H,10H2,1H3. The highest BCUT2D eigenvalue weighted by Crippen LogP contribution is 2.12. The van der Waals surface area contributed by atoms with Crippen molar-refractivity contribution in [3.05, 3.63) is 29.3 Å². The summed E-state index contributed by atoms with van der Waals surface area (Å²) in [6, 6.07) is 1.76. The smallest absolute Gasteiger partial charge is 0.235 e. The van der Waals surface area contributed by atoms with Crippen LogP contribution in [-0.2, 0) is 0 Å². The Balaban J connectivity index is 2.63. The fourth-order valence-electron chi connectivity index (χ4n) is 1.11. The van der Waals surface area contributed by atoms with Gasteiger partial charge in [0.25, 0.3) is 0 Å². The summed E-state index contributed by atoms with van der Waals surface area (Å²) in [7, 11) is 0. The fraction of sp³-hybridized carbons (Fsp3) is 0.250. The molecule has 13 heavy (non-hydrogen) atoms. The summed E-state index contributed by atoms with van der Waals surface area (Å²) in [5.41, 5.74) is 6.49. The molecule has 2 rings (SSSR count). The summed E-state index contributed by atoms with van der Waals surface area (Å²) in [6.07, 6.45) is 3.38. The lowest BCUT2D eigenvalue weighted by Crippen LogP contribution is -2.08. The lowest BCUT2D eigenvalue weighted by atomic mass is 10.2. The Kier molecular flexibility index (Phi) is 1.94. The zero-order chi connectivity index (χ0) is 9.42. The lowest BCUT2D eigenvalue weighted by molar-refractivity contribution is 0.777. The third kappa shape index (κ3) is 1.38. The first-order chi connectivity index (χ1) is 6.18. The number of aromatic nitrogens is 3. The van der Waals surface area contributed by atoms with Gasteiger partial charge >= 0.3 is 0 Å². The minimum atomic E-state index is -0.0829. The summed E-state index contributed by atoms with van der Waals surface area (Å²) in [6.45, 7) is 1.88. The van der Waals surface area contributed by atoms with Crippen LogP contribution in [0.5, 0.6) is 0 Å². The molecule has 0 bridgehead atoms. The Hall–Kier alpha value is -1.13. The lowest BCUT2D eigenvalue weighted by Gasteiger charge is -2.03. The van der Waals surface area contributed by atoms with Gasteiger partial charge in [0.1, 0.15) is 5.15 Å². The summed E-state index contributed by atoms with van der Waals surface area (Å²) < 4.78 is 1.70. The molecule has 2 heterocycles. The first-order valence-electron chi connectivity index (χ1n) is 3.93. The first kappa shape index (κ1) is 8.47. The monoisotopic (exact) mass is 196 g/mol. The molecule has 68 valence electrons. The second-order valence-electron chi connectivity index (χ2n) is 2.89. The number of hydrogen-bond acceptors (Lipinski definition) is 3. The molecule has 0 aromatic carbocycles. The van der Waals surface area contributed by atoms with Gasteiger partial charge in [-0.2, -0.15) is 0 Å². The summed E-state index contributed by atoms with van der Waals surface area (Å²) in [5, 5.41) is 0.554. The van der Waals surface area contributed by atoms with Gasteiger partial charge in [-0.05, 0) is 13.0 Å². The van der Waals surface area contributed by atoms with Crippen molar-refractivity contribution in [3.8, 4) is 0 Å². The minimum absolute atomic E-state index is 0.0829. The van der Waals surface area contributed by atoms with Gasteiger partial charge in [0.15, 0.2) is 0 Å². The molecule has 0 aliphatic rings. The predicted molar refractivity (Wildman–Crippen MR) is 50.6 cm³/mol. The van der Waals surface area contributed by atoms with E-state index in [1.807, 2.05) is 19.2 Å². The number of rotatable bonds is 1. The van der Waals surface area contributed by atoms with E-state index in [-0.39, 0.29) is 6.04 Å². The van der Waals surface area contributed by atoms with E-state index >= 15 is 0 Å². The van der Waals surface area contributed by atoms with E-state index in [9.17, 15) is 0 Å². The molecule has 1 unspecified atom stereocenters. The fourth-order valence-corrected chi connectivity index (χ4v) is 1.29. The third-order valence-electron chi connectivity index (χ3n) is 1.82. The highest BCUT2D eigenvalue weighted by Gasteiger charge is 2.05. The van der Waals surface area contributed by atoms with Gasteiger partial charge in [0.05, 0.1) is 11.9 Å². The van der Waals surface area contributed by atoms with E-state index in [1.54, 1.807) is 10.6 Å². The quantitative estimate of drug-likeness (QED) is 0.750. The van der Waals surface area contributed by atoms with Crippen LogP contribution in [0.3, 0.4) is 0 Å². The van der Waals surface area contributed by atoms with Crippen LogP contribution >= 0.6 is 11.6 Å². The summed E-state index contributed by atoms with van der Waals surface area (Å²) in [5.74, 6) is 0.583. The number of nitrogens with zero attached hydrogens (tertiary/aromatic N) is 3. The molecule has 0 radical (unpaired) electrons. The van der Waals surface area contributed by atoms with Crippen LogP contribution in [0.25, 0.3) is 5.78 Å². The van der Waals surface area contributed by atoms with Gasteiger partial charge in [-0.25, -0.2) is 9.97 Å². The van der Waals surface area contributed by atoms with Gasteiger partial charge in [-0.15, -0.1) is 0 Å². The molecule has 0 saturated carbocycles. The third-order valence-corrected chi connectivity index (χ3v) is 2.10. The Morgan fingerprint density at radius 2 is 2.38 bits per heavy atom. The Labute approximate surface area is 80.4 Å². The van der Waals surface area contributed by atoms with Crippen LogP contribution in [0.2, 0.25) is 5.15 Å². The molecule has 2 N–H and O–H groups in total. The molecule has 0 aliphatic heterocycles. The number of hydrogen-bond donors (Lipinski definition) is 1. The Morgan fingerprint density at radius 1 is 1.62 bits per heavy atom. The van der Waals surface area contributed by atoms with Crippen molar-refractivity contribution in [2.45, 2.75) is 13.0 Å². The molecular weight excluding hydrogens is 188 g/mol. The number of fused-ring (bicyclic) bond motifs is 1. The van der Waals surface area contributed by atoms with Crippen LogP contribution in [0, 0.1) is 0 Å². The second kappa shape index (κ2) is 2.97. The van der Waals surface area contributed by atoms with Crippen molar-refractivity contribution in [2.24, 2.45) is 5.73 Å². The van der Waals surface area contributed by atoms with Crippen LogP contribution in [-0.4, -0.2) is 14.4 Å². The zero-order valence-electron chi connectivity index (χ0n) is 7.11. The topological polar surface area (TPSA) is 56.2 Å². The van der Waals surface area contributed by atoms with E-state index in [4.69, 9.17) is 17.3 Å². The molecule has 0 spiro atoms. The van der Waals surface area contributed by atoms with Crippen molar-refractivity contribution >= 4 is 17.4 Å². The molecular formula is C8H9ClN4. The largest absolute Gasteiger partial charge is 0.323 e. The van der Waals surface area contributed by atoms with Gasteiger partial charge in [0.2, 0.25) is 5.78 Å². The Morgan fingerprint density at radius 3 is 3.08 bits per heavy atom. The molecule has 0 fully saturated rings. The molecule has 4 nitrogen and oxygen atoms in total. The summed E-state index contributed by atoms with van der Waals surface area (Å²) >= 11 is 5.83. The van der Waals surface area contributed by atoms with Crippen molar-refractivity contribution in [3.63, 3.8) is 0 Å². The number of halogens is 1. The molecule has 2 aromatic rings. The second-order valence-corrected chi connectivity index (χ2v) is 3.28. The van der Waals surface area contributed by atoms with E-state index in [0.717, 1.165) is 5.69 Å². The minimum Gasteiger partial charge on any atom is -0.323 e. The van der Waals surface area contributed by atoms with Crippen molar-refractivity contribution in [1.29, 1.82) is 0 Å². The van der Waals surface area contributed by atoms with Crippen molar-refractivity contribution < 1.29 is 0 Å². The molecule has 0 saturated heterocycles. The van der Waals surface area contributed by atoms with Gasteiger partial charge in [-0.1, -0.05) is 11.6 Å². The van der Waals surface area contributed by atoms with Gasteiger partial charge < -0.3 is 5.73 Å². The molecule has 2 aromatic heterocycles. The van der Waals surface area contributed by atoms with Gasteiger partial charge in [-0.3, -0.25) is 4.40 Å². The normalized spacial score (nSPS) is 13.5. The SMILES string of the molecule is CC(N)c1ccn2c(Cl)cnc2n1. The van der Waals surface area contributed by atoms with Crippen LogP contribution < -0.4 is 5.73 Å². The maximum Gasteiger partial charge on any atom is 0.235 e. The van der Waals surface area contributed by atoms with Crippen LogP contribution in [0.4, 0.5) is 0 Å². The van der Waals surface area contributed by atoms with Crippen LogP contribution in [0.15, 0.2) is 18.5 Å². The number of nitrogens with two attached hydrogens (primary N) is 1. The maximum atomic E-state index is 5.83. The van der Waals surface area contributed by atoms with E-state index < -0.39 is 0 Å².